The number of ether oxygens (including phenoxy) is 2. The van der Waals surface area contributed by atoms with Crippen molar-refractivity contribution < 1.29 is 23.9 Å². The number of rotatable bonds is 11. The topological polar surface area (TPSA) is 97.8 Å². The fourth-order valence-corrected chi connectivity index (χ4v) is 3.86. The smallest absolute Gasteiger partial charge is 0.333 e. The molecule has 2 rings (SSSR count). The molecule has 2 aromatic rings. The highest BCUT2D eigenvalue weighted by atomic mass is 35.5. The van der Waals surface area contributed by atoms with E-state index in [1.54, 1.807) is 43.3 Å². The average molecular weight is 543 g/mol. The second-order valence-corrected chi connectivity index (χ2v) is 8.93. The summed E-state index contributed by atoms with van der Waals surface area (Å²) < 4.78 is 10.5. The van der Waals surface area contributed by atoms with Gasteiger partial charge in [-0.2, -0.15) is 0 Å². The van der Waals surface area contributed by atoms with Gasteiger partial charge in [0.25, 0.3) is 0 Å². The SMILES string of the molecule is CCOC(=O)[C@H](CCc1ccccc1)N([C@@H](C)C(=O)OC(=O)CNc1cccnc1)C(C)(C)C.Cl.Cl. The lowest BCUT2D eigenvalue weighted by Gasteiger charge is -2.43. The molecular formula is C26H37Cl2N3O5. The maximum atomic E-state index is 13.0. The molecule has 0 bridgehead atoms. The number of aromatic nitrogens is 1. The summed E-state index contributed by atoms with van der Waals surface area (Å²) in [6.45, 7) is 9.18. The summed E-state index contributed by atoms with van der Waals surface area (Å²) in [5.41, 5.74) is 1.14. The van der Waals surface area contributed by atoms with E-state index < -0.39 is 35.5 Å². The zero-order valence-corrected chi connectivity index (χ0v) is 23.1. The third-order valence-electron chi connectivity index (χ3n) is 5.29. The monoisotopic (exact) mass is 541 g/mol. The summed E-state index contributed by atoms with van der Waals surface area (Å²) in [7, 11) is 0. The van der Waals surface area contributed by atoms with Crippen LogP contribution in [0.2, 0.25) is 0 Å². The van der Waals surface area contributed by atoms with Crippen molar-refractivity contribution in [1.82, 2.24) is 9.88 Å². The minimum absolute atomic E-state index is 0. The third kappa shape index (κ3) is 10.5. The first-order chi connectivity index (χ1) is 16.1. The highest BCUT2D eigenvalue weighted by Crippen LogP contribution is 2.25. The molecule has 0 aliphatic heterocycles. The van der Waals surface area contributed by atoms with E-state index in [9.17, 15) is 14.4 Å². The molecule has 0 aliphatic carbocycles. The molecule has 200 valence electrons. The Labute approximate surface area is 226 Å². The van der Waals surface area contributed by atoms with Crippen LogP contribution in [-0.2, 0) is 30.3 Å². The molecule has 0 spiro atoms. The molecule has 10 heteroatoms. The van der Waals surface area contributed by atoms with Crippen LogP contribution in [0.15, 0.2) is 54.9 Å². The van der Waals surface area contributed by atoms with Crippen LogP contribution in [0, 0.1) is 0 Å². The molecule has 0 unspecified atom stereocenters. The summed E-state index contributed by atoms with van der Waals surface area (Å²) >= 11 is 0. The third-order valence-corrected chi connectivity index (χ3v) is 5.29. The van der Waals surface area contributed by atoms with Gasteiger partial charge in [-0.05, 0) is 65.2 Å². The Morgan fingerprint density at radius 3 is 2.25 bits per heavy atom. The molecule has 1 aromatic carbocycles. The van der Waals surface area contributed by atoms with E-state index in [-0.39, 0.29) is 38.0 Å². The standard InChI is InChI=1S/C26H35N3O5.2ClH/c1-6-33-25(32)22(15-14-20-11-8-7-9-12-20)29(26(3,4)5)19(2)24(31)34-23(30)18-28-21-13-10-16-27-17-21;;/h7-13,16-17,19,22,28H,6,14-15,18H2,1-5H3;2*1H/t19-,22-;;/m0../s1. The van der Waals surface area contributed by atoms with Crippen LogP contribution in [-0.4, -0.2) is 58.6 Å². The molecule has 36 heavy (non-hydrogen) atoms. The van der Waals surface area contributed by atoms with E-state index in [0.29, 0.717) is 18.5 Å². The van der Waals surface area contributed by atoms with Crippen molar-refractivity contribution in [3.05, 3.63) is 60.4 Å². The zero-order chi connectivity index (χ0) is 25.1. The van der Waals surface area contributed by atoms with Gasteiger partial charge in [-0.25, -0.2) is 9.59 Å². The predicted molar refractivity (Wildman–Crippen MR) is 145 cm³/mol. The molecular weight excluding hydrogens is 505 g/mol. The lowest BCUT2D eigenvalue weighted by atomic mass is 9.95. The first-order valence-corrected chi connectivity index (χ1v) is 11.5. The van der Waals surface area contributed by atoms with E-state index in [4.69, 9.17) is 9.47 Å². The minimum atomic E-state index is -0.854. The van der Waals surface area contributed by atoms with Crippen molar-refractivity contribution in [3.63, 3.8) is 0 Å². The number of hydrogen-bond donors (Lipinski definition) is 1. The Morgan fingerprint density at radius 1 is 1.03 bits per heavy atom. The average Bonchev–Trinajstić information content (AvgIpc) is 2.80. The molecule has 0 saturated heterocycles. The second-order valence-electron chi connectivity index (χ2n) is 8.93. The van der Waals surface area contributed by atoms with Gasteiger partial charge in [-0.15, -0.1) is 24.8 Å². The van der Waals surface area contributed by atoms with Crippen molar-refractivity contribution in [3.8, 4) is 0 Å². The fraction of sp³-hybridized carbons (Fsp3) is 0.462. The first kappa shape index (κ1) is 33.3. The number of pyridine rings is 1. The molecule has 0 radical (unpaired) electrons. The number of hydrogen-bond acceptors (Lipinski definition) is 8. The number of halogens is 2. The Kier molecular flexibility index (Phi) is 14.9. The highest BCUT2D eigenvalue weighted by Gasteiger charge is 2.41. The number of carbonyl (C=O) groups is 3. The highest BCUT2D eigenvalue weighted by molar-refractivity contribution is 5.90. The Morgan fingerprint density at radius 2 is 1.69 bits per heavy atom. The van der Waals surface area contributed by atoms with Gasteiger partial charge in [0.15, 0.2) is 0 Å². The number of benzene rings is 1. The molecule has 0 aliphatic rings. The van der Waals surface area contributed by atoms with Gasteiger partial charge in [-0.1, -0.05) is 30.3 Å². The summed E-state index contributed by atoms with van der Waals surface area (Å²) in [6.07, 6.45) is 4.27. The van der Waals surface area contributed by atoms with Crippen LogP contribution in [0.3, 0.4) is 0 Å². The van der Waals surface area contributed by atoms with Crippen LogP contribution in [0.5, 0.6) is 0 Å². The van der Waals surface area contributed by atoms with E-state index in [0.717, 1.165) is 5.56 Å². The van der Waals surface area contributed by atoms with E-state index >= 15 is 0 Å². The Balaban J connectivity index is 0.00000612. The Bertz CT molecular complexity index is 940. The van der Waals surface area contributed by atoms with Crippen LogP contribution in [0.25, 0.3) is 0 Å². The number of nitrogens with one attached hydrogen (secondary N) is 1. The van der Waals surface area contributed by atoms with Gasteiger partial charge < -0.3 is 14.8 Å². The zero-order valence-electron chi connectivity index (χ0n) is 21.4. The number of carbonyl (C=O) groups excluding carboxylic acids is 3. The Hall–Kier alpha value is -2.68. The molecule has 0 saturated carbocycles. The first-order valence-electron chi connectivity index (χ1n) is 11.5. The van der Waals surface area contributed by atoms with Gasteiger partial charge in [0.05, 0.1) is 12.3 Å². The molecule has 2 atom stereocenters. The fourth-order valence-electron chi connectivity index (χ4n) is 3.86. The molecule has 0 amide bonds. The molecule has 0 fully saturated rings. The molecule has 1 N–H and O–H groups in total. The number of anilines is 1. The van der Waals surface area contributed by atoms with Gasteiger partial charge in [0.1, 0.15) is 18.6 Å². The van der Waals surface area contributed by atoms with Gasteiger partial charge >= 0.3 is 17.9 Å². The second kappa shape index (κ2) is 16.1. The van der Waals surface area contributed by atoms with Crippen LogP contribution in [0.4, 0.5) is 5.69 Å². The largest absolute Gasteiger partial charge is 0.465 e. The maximum absolute atomic E-state index is 13.0. The summed E-state index contributed by atoms with van der Waals surface area (Å²) in [5, 5.41) is 2.87. The molecule has 1 aromatic heterocycles. The van der Waals surface area contributed by atoms with Crippen LogP contribution >= 0.6 is 24.8 Å². The van der Waals surface area contributed by atoms with Crippen LogP contribution < -0.4 is 5.32 Å². The van der Waals surface area contributed by atoms with E-state index in [1.165, 1.54) is 0 Å². The van der Waals surface area contributed by atoms with Gasteiger partial charge in [0.2, 0.25) is 0 Å². The number of nitrogens with zero attached hydrogens (tertiary/aromatic N) is 2. The van der Waals surface area contributed by atoms with E-state index in [1.807, 2.05) is 51.1 Å². The van der Waals surface area contributed by atoms with Crippen molar-refractivity contribution in [2.75, 3.05) is 18.5 Å². The number of esters is 3. The van der Waals surface area contributed by atoms with Crippen molar-refractivity contribution in [1.29, 1.82) is 0 Å². The molecule has 1 heterocycles. The quantitative estimate of drug-likeness (QED) is 0.329. The van der Waals surface area contributed by atoms with Crippen molar-refractivity contribution in [2.24, 2.45) is 0 Å². The maximum Gasteiger partial charge on any atom is 0.333 e. The lowest BCUT2D eigenvalue weighted by Crippen LogP contribution is -2.58. The van der Waals surface area contributed by atoms with Gasteiger partial charge in [-0.3, -0.25) is 14.7 Å². The summed E-state index contributed by atoms with van der Waals surface area (Å²) in [5.74, 6) is -1.84. The summed E-state index contributed by atoms with van der Waals surface area (Å²) in [4.78, 5) is 43.9. The normalized spacial score (nSPS) is 12.4. The molecule has 8 nitrogen and oxygen atoms in total. The van der Waals surface area contributed by atoms with E-state index in [2.05, 4.69) is 10.3 Å². The van der Waals surface area contributed by atoms with Crippen molar-refractivity contribution >= 4 is 48.4 Å². The van der Waals surface area contributed by atoms with Crippen molar-refractivity contribution in [2.45, 2.75) is 65.1 Å². The van der Waals surface area contributed by atoms with Crippen LogP contribution in [0.1, 0.15) is 46.6 Å². The predicted octanol–water partition coefficient (Wildman–Crippen LogP) is 4.46. The number of aryl methyl sites for hydroxylation is 1. The van der Waals surface area contributed by atoms with Gasteiger partial charge in [0, 0.05) is 17.9 Å². The lowest BCUT2D eigenvalue weighted by molar-refractivity contribution is -0.167. The summed E-state index contributed by atoms with van der Waals surface area (Å²) in [6, 6.07) is 11.8. The minimum Gasteiger partial charge on any atom is -0.465 e.